The molecule has 0 fully saturated rings. The molecule has 258 valence electrons. The summed E-state index contributed by atoms with van der Waals surface area (Å²) >= 11 is 0. The number of furan rings is 1. The van der Waals surface area contributed by atoms with Crippen molar-refractivity contribution < 1.29 is 4.42 Å². The lowest BCUT2D eigenvalue weighted by Gasteiger charge is -2.11. The van der Waals surface area contributed by atoms with Crippen LogP contribution in [0.25, 0.3) is 101 Å². The lowest BCUT2D eigenvalue weighted by atomic mass is 9.99. The Morgan fingerprint density at radius 1 is 0.255 bits per heavy atom. The highest BCUT2D eigenvalue weighted by molar-refractivity contribution is 6.05. The van der Waals surface area contributed by atoms with E-state index in [9.17, 15) is 0 Å². The Labute approximate surface area is 317 Å². The molecule has 0 amide bonds. The summed E-state index contributed by atoms with van der Waals surface area (Å²) in [6, 6.07) is 63.5. The molecule has 10 rings (SSSR count). The van der Waals surface area contributed by atoms with Gasteiger partial charge in [-0.25, -0.2) is 24.9 Å². The Bertz CT molecular complexity index is 2900. The van der Waals surface area contributed by atoms with E-state index >= 15 is 0 Å². The normalized spacial score (nSPS) is 11.3. The van der Waals surface area contributed by atoms with Gasteiger partial charge in [-0.05, 0) is 41.5 Å². The standard InChI is InChI=1S/C49H31N5O/c1-4-13-33(14-5-1)42-31-43(51-46(50-42)34-15-6-2-7-16-34)38-20-12-19-37(29-38)32-23-25-36(26-24-32)48-52-47(35-17-8-3-9-18-35)53-49(54-48)39-27-28-41-40-21-10-11-22-44(40)55-45(41)30-39/h1-31H. The highest BCUT2D eigenvalue weighted by atomic mass is 16.3. The van der Waals surface area contributed by atoms with E-state index in [0.29, 0.717) is 23.3 Å². The number of fused-ring (bicyclic) bond motifs is 3. The first-order valence-electron chi connectivity index (χ1n) is 18.2. The van der Waals surface area contributed by atoms with E-state index < -0.39 is 0 Å². The molecule has 7 aromatic carbocycles. The van der Waals surface area contributed by atoms with E-state index in [1.807, 2.05) is 103 Å². The molecule has 0 saturated heterocycles. The molecule has 0 unspecified atom stereocenters. The third-order valence-electron chi connectivity index (χ3n) is 9.77. The molecule has 0 aliphatic carbocycles. The van der Waals surface area contributed by atoms with E-state index in [-0.39, 0.29) is 0 Å². The van der Waals surface area contributed by atoms with Gasteiger partial charge in [0.2, 0.25) is 0 Å². The van der Waals surface area contributed by atoms with Crippen molar-refractivity contribution in [2.45, 2.75) is 0 Å². The van der Waals surface area contributed by atoms with Crippen molar-refractivity contribution in [1.29, 1.82) is 0 Å². The fourth-order valence-electron chi connectivity index (χ4n) is 6.95. The van der Waals surface area contributed by atoms with Crippen molar-refractivity contribution in [1.82, 2.24) is 24.9 Å². The van der Waals surface area contributed by atoms with Gasteiger partial charge < -0.3 is 4.42 Å². The number of para-hydroxylation sites is 1. The molecule has 0 atom stereocenters. The maximum Gasteiger partial charge on any atom is 0.164 e. The topological polar surface area (TPSA) is 77.6 Å². The molecule has 6 nitrogen and oxygen atoms in total. The Kier molecular flexibility index (Phi) is 8.04. The zero-order chi connectivity index (χ0) is 36.6. The minimum atomic E-state index is 0.581. The average Bonchev–Trinajstić information content (AvgIpc) is 3.65. The number of benzene rings is 7. The number of nitrogens with zero attached hydrogens (tertiary/aromatic N) is 5. The van der Waals surface area contributed by atoms with Gasteiger partial charge in [-0.3, -0.25) is 0 Å². The van der Waals surface area contributed by atoms with Gasteiger partial charge in [0, 0.05) is 44.2 Å². The molecule has 0 aliphatic heterocycles. The Morgan fingerprint density at radius 3 is 1.38 bits per heavy atom. The van der Waals surface area contributed by atoms with Gasteiger partial charge in [0.05, 0.1) is 11.4 Å². The van der Waals surface area contributed by atoms with Crippen LogP contribution in [0.1, 0.15) is 0 Å². The zero-order valence-electron chi connectivity index (χ0n) is 29.5. The van der Waals surface area contributed by atoms with Crippen LogP contribution in [0.2, 0.25) is 0 Å². The molecule has 6 heteroatoms. The summed E-state index contributed by atoms with van der Waals surface area (Å²) < 4.78 is 6.21. The highest BCUT2D eigenvalue weighted by Gasteiger charge is 2.16. The van der Waals surface area contributed by atoms with Gasteiger partial charge in [0.25, 0.3) is 0 Å². The third-order valence-corrected chi connectivity index (χ3v) is 9.77. The predicted molar refractivity (Wildman–Crippen MR) is 221 cm³/mol. The van der Waals surface area contributed by atoms with Crippen molar-refractivity contribution in [3.63, 3.8) is 0 Å². The minimum absolute atomic E-state index is 0.581. The van der Waals surface area contributed by atoms with Crippen molar-refractivity contribution >= 4 is 21.9 Å². The van der Waals surface area contributed by atoms with E-state index in [4.69, 9.17) is 29.3 Å². The summed E-state index contributed by atoms with van der Waals surface area (Å²) in [4.78, 5) is 24.9. The van der Waals surface area contributed by atoms with Crippen LogP contribution in [0.15, 0.2) is 192 Å². The van der Waals surface area contributed by atoms with Crippen molar-refractivity contribution in [2.24, 2.45) is 0 Å². The first kappa shape index (κ1) is 32.1. The van der Waals surface area contributed by atoms with Crippen molar-refractivity contribution in [3.05, 3.63) is 188 Å². The lowest BCUT2D eigenvalue weighted by molar-refractivity contribution is 0.669. The molecule has 55 heavy (non-hydrogen) atoms. The molecule has 0 radical (unpaired) electrons. The van der Waals surface area contributed by atoms with Crippen molar-refractivity contribution in [3.8, 4) is 79.2 Å². The van der Waals surface area contributed by atoms with E-state index in [0.717, 1.165) is 77.8 Å². The molecule has 0 spiro atoms. The second-order valence-corrected chi connectivity index (χ2v) is 13.3. The largest absolute Gasteiger partial charge is 0.456 e. The Balaban J connectivity index is 1.02. The number of hydrogen-bond donors (Lipinski definition) is 0. The summed E-state index contributed by atoms with van der Waals surface area (Å²) in [6.07, 6.45) is 0. The van der Waals surface area contributed by atoms with E-state index in [2.05, 4.69) is 84.9 Å². The molecule has 0 aliphatic rings. The van der Waals surface area contributed by atoms with Gasteiger partial charge in [0.15, 0.2) is 23.3 Å². The monoisotopic (exact) mass is 705 g/mol. The molecular formula is C49H31N5O. The Hall–Kier alpha value is -7.57. The first-order chi connectivity index (χ1) is 27.2. The number of hydrogen-bond acceptors (Lipinski definition) is 6. The second kappa shape index (κ2) is 13.8. The van der Waals surface area contributed by atoms with Crippen LogP contribution in [0.4, 0.5) is 0 Å². The maximum absolute atomic E-state index is 6.21. The summed E-state index contributed by atoms with van der Waals surface area (Å²) in [5, 5.41) is 2.14. The van der Waals surface area contributed by atoms with Crippen molar-refractivity contribution in [2.75, 3.05) is 0 Å². The first-order valence-corrected chi connectivity index (χ1v) is 18.2. The average molecular weight is 706 g/mol. The third kappa shape index (κ3) is 6.32. The highest BCUT2D eigenvalue weighted by Crippen LogP contribution is 2.34. The van der Waals surface area contributed by atoms with Gasteiger partial charge >= 0.3 is 0 Å². The summed E-state index contributed by atoms with van der Waals surface area (Å²) in [5.74, 6) is 2.47. The minimum Gasteiger partial charge on any atom is -0.456 e. The summed E-state index contributed by atoms with van der Waals surface area (Å²) in [7, 11) is 0. The van der Waals surface area contributed by atoms with Crippen LogP contribution in [0.5, 0.6) is 0 Å². The maximum atomic E-state index is 6.21. The lowest BCUT2D eigenvalue weighted by Crippen LogP contribution is -2.00. The molecular weight excluding hydrogens is 675 g/mol. The molecule has 0 N–H and O–H groups in total. The SMILES string of the molecule is c1ccc(-c2cc(-c3cccc(-c4ccc(-c5nc(-c6ccccc6)nc(-c6ccc7c(c6)oc6ccccc67)n5)cc4)c3)nc(-c3ccccc3)n2)cc1. The van der Waals surface area contributed by atoms with Crippen LogP contribution in [0, 0.1) is 0 Å². The molecule has 0 saturated carbocycles. The molecule has 10 aromatic rings. The van der Waals surface area contributed by atoms with E-state index in [1.165, 1.54) is 0 Å². The van der Waals surface area contributed by atoms with Gasteiger partial charge in [-0.15, -0.1) is 0 Å². The van der Waals surface area contributed by atoms with E-state index in [1.54, 1.807) is 0 Å². The molecule has 0 bridgehead atoms. The number of rotatable bonds is 7. The van der Waals surface area contributed by atoms with Gasteiger partial charge in [-0.1, -0.05) is 158 Å². The van der Waals surface area contributed by atoms with Crippen LogP contribution in [-0.4, -0.2) is 24.9 Å². The van der Waals surface area contributed by atoms with Crippen LogP contribution >= 0.6 is 0 Å². The van der Waals surface area contributed by atoms with Gasteiger partial charge in [0.1, 0.15) is 11.2 Å². The fourth-order valence-corrected chi connectivity index (χ4v) is 6.95. The van der Waals surface area contributed by atoms with Crippen LogP contribution in [-0.2, 0) is 0 Å². The quantitative estimate of drug-likeness (QED) is 0.164. The number of aromatic nitrogens is 5. The second-order valence-electron chi connectivity index (χ2n) is 13.3. The summed E-state index contributed by atoms with van der Waals surface area (Å²) in [6.45, 7) is 0. The smallest absolute Gasteiger partial charge is 0.164 e. The molecule has 3 heterocycles. The van der Waals surface area contributed by atoms with Crippen LogP contribution < -0.4 is 0 Å². The summed E-state index contributed by atoms with van der Waals surface area (Å²) in [5.41, 5.74) is 11.2. The zero-order valence-corrected chi connectivity index (χ0v) is 29.5. The Morgan fingerprint density at radius 2 is 0.709 bits per heavy atom. The van der Waals surface area contributed by atoms with Crippen LogP contribution in [0.3, 0.4) is 0 Å². The predicted octanol–water partition coefficient (Wildman–Crippen LogP) is 12.2. The fraction of sp³-hybridized carbons (Fsp3) is 0. The molecule has 3 aromatic heterocycles. The van der Waals surface area contributed by atoms with Gasteiger partial charge in [-0.2, -0.15) is 0 Å².